The third kappa shape index (κ3) is 15.6. The molecule has 0 aromatic rings. The van der Waals surface area contributed by atoms with Crippen LogP contribution in [-0.2, 0) is 14.4 Å². The first kappa shape index (κ1) is 23.3. The van der Waals surface area contributed by atoms with Crippen LogP contribution in [0.3, 0.4) is 0 Å². The smallest absolute Gasteiger partial charge is 0.239 e. The zero-order valence-corrected chi connectivity index (χ0v) is 15.7. The summed E-state index contributed by atoms with van der Waals surface area (Å²) in [5, 5.41) is 10.9. The Hall–Kier alpha value is -1.71. The normalized spacial score (nSPS) is 10.8. The summed E-state index contributed by atoms with van der Waals surface area (Å²) in [6.45, 7) is 7.29. The maximum Gasteiger partial charge on any atom is 0.239 e. The predicted molar refractivity (Wildman–Crippen MR) is 98.0 cm³/mol. The predicted octanol–water partition coefficient (Wildman–Crippen LogP) is -2.00. The van der Waals surface area contributed by atoms with Crippen molar-refractivity contribution in [1.82, 2.24) is 26.2 Å². The lowest BCUT2D eigenvalue weighted by atomic mass is 10.3. The molecule has 0 aromatic carbocycles. The first-order valence-electron chi connectivity index (χ1n) is 8.77. The molecular weight excluding hydrogens is 324 g/mol. The minimum absolute atomic E-state index is 0.103. The molecule has 0 saturated heterocycles. The Balaban J connectivity index is 3.57. The number of hydrogen-bond donors (Lipinski definition) is 5. The number of nitrogens with zero attached hydrogens (tertiary/aromatic N) is 1. The number of nitrogens with one attached hydrogen (secondary N) is 4. The van der Waals surface area contributed by atoms with Crippen LogP contribution in [0, 0.1) is 0 Å². The van der Waals surface area contributed by atoms with Crippen molar-refractivity contribution >= 4 is 17.7 Å². The first-order chi connectivity index (χ1) is 11.8. The van der Waals surface area contributed by atoms with Crippen LogP contribution in [0.15, 0.2) is 0 Å². The van der Waals surface area contributed by atoms with Crippen LogP contribution >= 0.6 is 0 Å². The molecule has 0 aromatic heterocycles. The molecule has 0 spiro atoms. The average Bonchev–Trinajstić information content (AvgIpc) is 2.58. The molecule has 146 valence electrons. The van der Waals surface area contributed by atoms with Gasteiger partial charge < -0.3 is 31.9 Å². The lowest BCUT2D eigenvalue weighted by Gasteiger charge is -2.17. The number of hydrogen-bond acceptors (Lipinski definition) is 6. The highest BCUT2D eigenvalue weighted by Gasteiger charge is 2.06. The second-order valence-corrected chi connectivity index (χ2v) is 6.23. The standard InChI is InChI=1S/C16H34N6O3/c1-13(2)18-6-4-8-22(3)9-5-7-19-15(24)11-21-16(25)12-20-14(23)10-17/h13,18H,4-12,17H2,1-3H3,(H,19,24)(H,20,23)(H,21,25). The Morgan fingerprint density at radius 1 is 0.880 bits per heavy atom. The molecule has 0 atom stereocenters. The van der Waals surface area contributed by atoms with E-state index in [2.05, 4.69) is 47.1 Å². The van der Waals surface area contributed by atoms with Gasteiger partial charge in [-0.2, -0.15) is 0 Å². The summed E-state index contributed by atoms with van der Waals surface area (Å²) in [7, 11) is 2.06. The first-order valence-corrected chi connectivity index (χ1v) is 8.77. The van der Waals surface area contributed by atoms with Gasteiger partial charge >= 0.3 is 0 Å². The van der Waals surface area contributed by atoms with Crippen molar-refractivity contribution in [2.45, 2.75) is 32.7 Å². The molecule has 0 unspecified atom stereocenters. The molecule has 0 fully saturated rings. The molecule has 25 heavy (non-hydrogen) atoms. The fraction of sp³-hybridized carbons (Fsp3) is 0.812. The van der Waals surface area contributed by atoms with Crippen molar-refractivity contribution in [3.8, 4) is 0 Å². The van der Waals surface area contributed by atoms with Crippen LogP contribution < -0.4 is 27.0 Å². The number of carbonyl (C=O) groups is 3. The Kier molecular flexibility index (Phi) is 13.6. The van der Waals surface area contributed by atoms with Gasteiger partial charge in [0.15, 0.2) is 0 Å². The zero-order chi connectivity index (χ0) is 19.1. The third-order valence-electron chi connectivity index (χ3n) is 3.39. The molecule has 0 aliphatic heterocycles. The van der Waals surface area contributed by atoms with Gasteiger partial charge in [-0.3, -0.25) is 14.4 Å². The quantitative estimate of drug-likeness (QED) is 0.229. The molecule has 6 N–H and O–H groups in total. The molecule has 0 aliphatic carbocycles. The summed E-state index contributed by atoms with van der Waals surface area (Å²) < 4.78 is 0. The fourth-order valence-corrected chi connectivity index (χ4v) is 1.98. The average molecular weight is 358 g/mol. The van der Waals surface area contributed by atoms with E-state index in [1.54, 1.807) is 0 Å². The van der Waals surface area contributed by atoms with E-state index in [4.69, 9.17) is 5.73 Å². The topological polar surface area (TPSA) is 129 Å². The van der Waals surface area contributed by atoms with Gasteiger partial charge in [-0.15, -0.1) is 0 Å². The molecule has 0 bridgehead atoms. The van der Waals surface area contributed by atoms with E-state index in [0.717, 1.165) is 32.5 Å². The van der Waals surface area contributed by atoms with Crippen LogP contribution in [0.25, 0.3) is 0 Å². The van der Waals surface area contributed by atoms with E-state index in [9.17, 15) is 14.4 Å². The van der Waals surface area contributed by atoms with Crippen LogP contribution in [0.1, 0.15) is 26.7 Å². The third-order valence-corrected chi connectivity index (χ3v) is 3.39. The lowest BCUT2D eigenvalue weighted by molar-refractivity contribution is -0.127. The highest BCUT2D eigenvalue weighted by Crippen LogP contribution is 1.90. The van der Waals surface area contributed by atoms with Crippen LogP contribution in [-0.4, -0.2) is 81.5 Å². The Morgan fingerprint density at radius 3 is 1.96 bits per heavy atom. The highest BCUT2D eigenvalue weighted by atomic mass is 16.2. The van der Waals surface area contributed by atoms with Gasteiger partial charge in [0.05, 0.1) is 19.6 Å². The van der Waals surface area contributed by atoms with Crippen LogP contribution in [0.4, 0.5) is 0 Å². The van der Waals surface area contributed by atoms with Crippen molar-refractivity contribution in [2.75, 3.05) is 52.9 Å². The van der Waals surface area contributed by atoms with E-state index in [0.29, 0.717) is 12.6 Å². The summed E-state index contributed by atoms with van der Waals surface area (Å²) in [6.07, 6.45) is 1.94. The molecule has 9 nitrogen and oxygen atoms in total. The molecule has 3 amide bonds. The maximum absolute atomic E-state index is 11.6. The summed E-state index contributed by atoms with van der Waals surface area (Å²) in [5.74, 6) is -1.09. The monoisotopic (exact) mass is 358 g/mol. The van der Waals surface area contributed by atoms with E-state index in [-0.39, 0.29) is 25.5 Å². The van der Waals surface area contributed by atoms with Crippen LogP contribution in [0.2, 0.25) is 0 Å². The van der Waals surface area contributed by atoms with Gasteiger partial charge in [-0.1, -0.05) is 13.8 Å². The van der Waals surface area contributed by atoms with Gasteiger partial charge in [0, 0.05) is 12.6 Å². The minimum atomic E-state index is -0.424. The summed E-state index contributed by atoms with van der Waals surface area (Å²) in [4.78, 5) is 36.1. The molecule has 0 rings (SSSR count). The zero-order valence-electron chi connectivity index (χ0n) is 15.7. The SMILES string of the molecule is CC(C)NCCCN(C)CCCNC(=O)CNC(=O)CNC(=O)CN. The second-order valence-electron chi connectivity index (χ2n) is 6.23. The summed E-state index contributed by atoms with van der Waals surface area (Å²) in [6, 6.07) is 0.512. The van der Waals surface area contributed by atoms with E-state index >= 15 is 0 Å². The van der Waals surface area contributed by atoms with Gasteiger partial charge in [-0.25, -0.2) is 0 Å². The fourth-order valence-electron chi connectivity index (χ4n) is 1.98. The van der Waals surface area contributed by atoms with Gasteiger partial charge in [0.1, 0.15) is 0 Å². The second kappa shape index (κ2) is 14.6. The highest BCUT2D eigenvalue weighted by molar-refractivity contribution is 5.88. The molecule has 0 aliphatic rings. The van der Waals surface area contributed by atoms with Crippen molar-refractivity contribution in [2.24, 2.45) is 5.73 Å². The number of nitrogens with two attached hydrogens (primary N) is 1. The van der Waals surface area contributed by atoms with Crippen molar-refractivity contribution < 1.29 is 14.4 Å². The maximum atomic E-state index is 11.6. The Morgan fingerprint density at radius 2 is 1.40 bits per heavy atom. The van der Waals surface area contributed by atoms with E-state index in [1.807, 2.05) is 0 Å². The summed E-state index contributed by atoms with van der Waals surface area (Å²) in [5.41, 5.74) is 5.10. The van der Waals surface area contributed by atoms with E-state index < -0.39 is 11.8 Å². The van der Waals surface area contributed by atoms with E-state index in [1.165, 1.54) is 0 Å². The van der Waals surface area contributed by atoms with Gasteiger partial charge in [-0.05, 0) is 39.5 Å². The van der Waals surface area contributed by atoms with Gasteiger partial charge in [0.25, 0.3) is 0 Å². The van der Waals surface area contributed by atoms with Crippen molar-refractivity contribution in [3.05, 3.63) is 0 Å². The molecule has 9 heteroatoms. The largest absolute Gasteiger partial charge is 0.355 e. The molecular formula is C16H34N6O3. The minimum Gasteiger partial charge on any atom is -0.355 e. The molecule has 0 heterocycles. The lowest BCUT2D eigenvalue weighted by Crippen LogP contribution is -2.43. The van der Waals surface area contributed by atoms with Crippen molar-refractivity contribution in [1.29, 1.82) is 0 Å². The number of rotatable bonds is 14. The Labute approximate surface area is 150 Å². The van der Waals surface area contributed by atoms with Crippen LogP contribution in [0.5, 0.6) is 0 Å². The van der Waals surface area contributed by atoms with Gasteiger partial charge in [0.2, 0.25) is 17.7 Å². The number of carbonyl (C=O) groups excluding carboxylic acids is 3. The molecule has 0 radical (unpaired) electrons. The Bertz CT molecular complexity index is 403. The number of amides is 3. The molecule has 0 saturated carbocycles. The van der Waals surface area contributed by atoms with Crippen molar-refractivity contribution in [3.63, 3.8) is 0 Å². The summed E-state index contributed by atoms with van der Waals surface area (Å²) >= 11 is 0.